The van der Waals surface area contributed by atoms with Gasteiger partial charge in [-0.25, -0.2) is 4.98 Å². The summed E-state index contributed by atoms with van der Waals surface area (Å²) >= 11 is 0. The summed E-state index contributed by atoms with van der Waals surface area (Å²) in [5.41, 5.74) is 2.21. The average Bonchev–Trinajstić information content (AvgIpc) is 3.12. The molecule has 0 spiro atoms. The first-order chi connectivity index (χ1) is 13.2. The maximum Gasteiger partial charge on any atom is 0.280 e. The van der Waals surface area contributed by atoms with E-state index in [1.807, 2.05) is 72.5 Å². The van der Waals surface area contributed by atoms with Crippen LogP contribution in [0.15, 0.2) is 65.1 Å². The third-order valence-corrected chi connectivity index (χ3v) is 5.21. The molecule has 27 heavy (non-hydrogen) atoms. The van der Waals surface area contributed by atoms with Gasteiger partial charge in [0, 0.05) is 17.3 Å². The molecule has 138 valence electrons. The van der Waals surface area contributed by atoms with Gasteiger partial charge in [0.2, 0.25) is 5.89 Å². The molecule has 4 heteroatoms. The number of anilines is 1. The number of oxazole rings is 1. The molecular formula is C23H24N2O2. The zero-order chi connectivity index (χ0) is 18.6. The molecule has 1 aromatic heterocycles. The van der Waals surface area contributed by atoms with Crippen LogP contribution in [0.25, 0.3) is 11.5 Å². The number of benzene rings is 2. The fraction of sp³-hybridized carbons (Fsp3) is 0.304. The third kappa shape index (κ3) is 3.65. The van der Waals surface area contributed by atoms with Crippen LogP contribution in [0.5, 0.6) is 0 Å². The first-order valence-electron chi connectivity index (χ1n) is 9.65. The number of nitrogens with zero attached hydrogens (tertiary/aromatic N) is 2. The van der Waals surface area contributed by atoms with Gasteiger partial charge in [-0.2, -0.15) is 0 Å². The van der Waals surface area contributed by atoms with E-state index >= 15 is 0 Å². The molecule has 0 aliphatic heterocycles. The second kappa shape index (κ2) is 7.78. The predicted octanol–water partition coefficient (Wildman–Crippen LogP) is 5.63. The van der Waals surface area contributed by atoms with Gasteiger partial charge in [-0.1, -0.05) is 55.7 Å². The quantitative estimate of drug-likeness (QED) is 0.606. The van der Waals surface area contributed by atoms with Gasteiger partial charge in [-0.3, -0.25) is 4.79 Å². The number of carbonyl (C=O) groups is 1. The lowest BCUT2D eigenvalue weighted by Crippen LogP contribution is -2.42. The first kappa shape index (κ1) is 17.5. The van der Waals surface area contributed by atoms with Crippen LogP contribution in [0, 0.1) is 6.92 Å². The Morgan fingerprint density at radius 1 is 0.963 bits per heavy atom. The second-order valence-electron chi connectivity index (χ2n) is 7.09. The van der Waals surface area contributed by atoms with E-state index in [4.69, 9.17) is 4.42 Å². The van der Waals surface area contributed by atoms with Crippen LogP contribution in [0.1, 0.15) is 48.4 Å². The summed E-state index contributed by atoms with van der Waals surface area (Å²) in [6.07, 6.45) is 5.63. The maximum atomic E-state index is 13.5. The molecular weight excluding hydrogens is 336 g/mol. The van der Waals surface area contributed by atoms with Gasteiger partial charge in [0.25, 0.3) is 5.91 Å². The minimum Gasteiger partial charge on any atom is -0.441 e. The largest absolute Gasteiger partial charge is 0.441 e. The van der Waals surface area contributed by atoms with Crippen LogP contribution in [0.2, 0.25) is 0 Å². The number of carbonyl (C=O) groups excluding carboxylic acids is 1. The molecule has 4 nitrogen and oxygen atoms in total. The third-order valence-electron chi connectivity index (χ3n) is 5.21. The lowest BCUT2D eigenvalue weighted by Gasteiger charge is -2.34. The van der Waals surface area contributed by atoms with E-state index in [2.05, 4.69) is 4.98 Å². The fourth-order valence-electron chi connectivity index (χ4n) is 3.83. The van der Waals surface area contributed by atoms with Crippen LogP contribution in [-0.2, 0) is 0 Å². The molecule has 1 fully saturated rings. The van der Waals surface area contributed by atoms with E-state index in [9.17, 15) is 4.79 Å². The van der Waals surface area contributed by atoms with E-state index in [0.29, 0.717) is 17.3 Å². The zero-order valence-electron chi connectivity index (χ0n) is 15.6. The molecule has 4 rings (SSSR count). The Morgan fingerprint density at radius 2 is 1.59 bits per heavy atom. The Labute approximate surface area is 159 Å². The van der Waals surface area contributed by atoms with Crippen molar-refractivity contribution in [2.45, 2.75) is 45.1 Å². The summed E-state index contributed by atoms with van der Waals surface area (Å²) in [5.74, 6) is 0.986. The Morgan fingerprint density at radius 3 is 2.26 bits per heavy atom. The summed E-state index contributed by atoms with van der Waals surface area (Å²) in [7, 11) is 0. The molecule has 1 aliphatic carbocycles. The second-order valence-corrected chi connectivity index (χ2v) is 7.09. The van der Waals surface area contributed by atoms with Crippen molar-refractivity contribution in [3.8, 4) is 11.5 Å². The number of rotatable bonds is 4. The highest BCUT2D eigenvalue weighted by molar-refractivity contribution is 6.06. The van der Waals surface area contributed by atoms with Crippen LogP contribution >= 0.6 is 0 Å². The number of amides is 1. The van der Waals surface area contributed by atoms with Gasteiger partial charge in [-0.15, -0.1) is 0 Å². The van der Waals surface area contributed by atoms with E-state index in [0.717, 1.165) is 36.9 Å². The highest BCUT2D eigenvalue weighted by atomic mass is 16.4. The SMILES string of the molecule is Cc1oc(-c2ccccc2)nc1C(=O)N(c1ccccc1)C1CCCCC1. The predicted molar refractivity (Wildman–Crippen MR) is 107 cm³/mol. The van der Waals surface area contributed by atoms with Crippen molar-refractivity contribution in [3.63, 3.8) is 0 Å². The monoisotopic (exact) mass is 360 g/mol. The van der Waals surface area contributed by atoms with Gasteiger partial charge in [0.05, 0.1) is 0 Å². The van der Waals surface area contributed by atoms with Gasteiger partial charge < -0.3 is 9.32 Å². The maximum absolute atomic E-state index is 13.5. The molecule has 0 saturated heterocycles. The van der Waals surface area contributed by atoms with Crippen molar-refractivity contribution in [1.29, 1.82) is 0 Å². The Hall–Kier alpha value is -2.88. The van der Waals surface area contributed by atoms with Gasteiger partial charge in [0.15, 0.2) is 5.69 Å². The van der Waals surface area contributed by atoms with Crippen LogP contribution in [-0.4, -0.2) is 16.9 Å². The number of hydrogen-bond acceptors (Lipinski definition) is 3. The summed E-state index contributed by atoms with van der Waals surface area (Å²) in [4.78, 5) is 20.0. The standard InChI is InChI=1S/C23H24N2O2/c1-17-21(24-22(27-17)18-11-5-2-6-12-18)23(26)25(19-13-7-3-8-14-19)20-15-9-4-10-16-20/h2-3,5-8,11-14,20H,4,9-10,15-16H2,1H3. The zero-order valence-corrected chi connectivity index (χ0v) is 15.6. The van der Waals surface area contributed by atoms with E-state index in [-0.39, 0.29) is 11.9 Å². The minimum absolute atomic E-state index is 0.0727. The highest BCUT2D eigenvalue weighted by Gasteiger charge is 2.31. The Bertz CT molecular complexity index is 897. The molecule has 3 aromatic rings. The number of hydrogen-bond donors (Lipinski definition) is 0. The van der Waals surface area contributed by atoms with Crippen molar-refractivity contribution >= 4 is 11.6 Å². The van der Waals surface area contributed by atoms with Crippen molar-refractivity contribution in [2.24, 2.45) is 0 Å². The molecule has 1 aliphatic rings. The molecule has 0 unspecified atom stereocenters. The van der Waals surface area contributed by atoms with Crippen molar-refractivity contribution < 1.29 is 9.21 Å². The summed E-state index contributed by atoms with van der Waals surface area (Å²) in [5, 5.41) is 0. The normalized spacial score (nSPS) is 14.9. The fourth-order valence-corrected chi connectivity index (χ4v) is 3.83. The molecule has 0 bridgehead atoms. The van der Waals surface area contributed by atoms with Gasteiger partial charge in [-0.05, 0) is 44.0 Å². The lowest BCUT2D eigenvalue weighted by atomic mass is 9.93. The lowest BCUT2D eigenvalue weighted by molar-refractivity contribution is 0.0965. The average molecular weight is 360 g/mol. The molecule has 1 amide bonds. The van der Waals surface area contributed by atoms with Crippen molar-refractivity contribution in [3.05, 3.63) is 72.1 Å². The highest BCUT2D eigenvalue weighted by Crippen LogP contribution is 2.30. The van der Waals surface area contributed by atoms with Crippen molar-refractivity contribution in [2.75, 3.05) is 4.90 Å². The number of para-hydroxylation sites is 1. The summed E-state index contributed by atoms with van der Waals surface area (Å²) < 4.78 is 5.84. The molecule has 1 saturated carbocycles. The van der Waals surface area contributed by atoms with Crippen LogP contribution < -0.4 is 4.90 Å². The van der Waals surface area contributed by atoms with Gasteiger partial charge in [0.1, 0.15) is 5.76 Å². The van der Waals surface area contributed by atoms with E-state index in [1.165, 1.54) is 6.42 Å². The van der Waals surface area contributed by atoms with Crippen LogP contribution in [0.3, 0.4) is 0 Å². The molecule has 0 radical (unpaired) electrons. The van der Waals surface area contributed by atoms with E-state index in [1.54, 1.807) is 0 Å². The molecule has 2 aromatic carbocycles. The van der Waals surface area contributed by atoms with Crippen molar-refractivity contribution in [1.82, 2.24) is 4.98 Å². The molecule has 0 atom stereocenters. The smallest absolute Gasteiger partial charge is 0.280 e. The summed E-state index contributed by atoms with van der Waals surface area (Å²) in [6, 6.07) is 19.8. The topological polar surface area (TPSA) is 46.3 Å². The van der Waals surface area contributed by atoms with Crippen LogP contribution in [0.4, 0.5) is 5.69 Å². The first-order valence-corrected chi connectivity index (χ1v) is 9.65. The molecule has 1 heterocycles. The minimum atomic E-state index is -0.0727. The number of aromatic nitrogens is 1. The number of aryl methyl sites for hydroxylation is 1. The molecule has 0 N–H and O–H groups in total. The van der Waals surface area contributed by atoms with Gasteiger partial charge >= 0.3 is 0 Å². The Kier molecular flexibility index (Phi) is 5.05. The Balaban J connectivity index is 1.70. The summed E-state index contributed by atoms with van der Waals surface area (Å²) in [6.45, 7) is 1.82. The van der Waals surface area contributed by atoms with E-state index < -0.39 is 0 Å².